The Bertz CT molecular complexity index is 1330. The summed E-state index contributed by atoms with van der Waals surface area (Å²) in [4.78, 5) is 8.56. The molecular weight excluding hydrogens is 348 g/mol. The number of aromatic nitrogens is 4. The van der Waals surface area contributed by atoms with E-state index in [-0.39, 0.29) is 0 Å². The smallest absolute Gasteiger partial charge is 0.141 e. The number of aromatic amines is 1. The fourth-order valence-electron chi connectivity index (χ4n) is 4.18. The molecule has 1 aliphatic carbocycles. The van der Waals surface area contributed by atoms with E-state index in [0.29, 0.717) is 5.92 Å². The molecule has 5 nitrogen and oxygen atoms in total. The zero-order chi connectivity index (χ0) is 18.8. The Morgan fingerprint density at radius 3 is 2.75 bits per heavy atom. The number of imidazole rings is 1. The summed E-state index contributed by atoms with van der Waals surface area (Å²) >= 11 is 0. The molecule has 6 rings (SSSR count). The molecule has 0 unspecified atom stereocenters. The van der Waals surface area contributed by atoms with Crippen LogP contribution in [0.15, 0.2) is 53.2 Å². The first-order valence-electron chi connectivity index (χ1n) is 9.72. The molecule has 138 valence electrons. The summed E-state index contributed by atoms with van der Waals surface area (Å²) in [6, 6.07) is 15.0. The number of nitrogens with one attached hydrogen (secondary N) is 1. The van der Waals surface area contributed by atoms with Gasteiger partial charge in [-0.15, -0.1) is 0 Å². The minimum Gasteiger partial charge on any atom is -0.361 e. The second-order valence-corrected chi connectivity index (χ2v) is 7.73. The monoisotopic (exact) mass is 368 g/mol. The molecule has 0 bridgehead atoms. The van der Waals surface area contributed by atoms with Crippen LogP contribution in [0.5, 0.6) is 0 Å². The van der Waals surface area contributed by atoms with E-state index in [0.717, 1.165) is 45.1 Å². The van der Waals surface area contributed by atoms with Crippen LogP contribution in [0.4, 0.5) is 0 Å². The molecule has 2 aromatic carbocycles. The molecule has 1 fully saturated rings. The molecular formula is C23H20N4O. The van der Waals surface area contributed by atoms with Crippen LogP contribution >= 0.6 is 0 Å². The summed E-state index contributed by atoms with van der Waals surface area (Å²) in [5.74, 6) is 2.51. The lowest BCUT2D eigenvalue weighted by molar-refractivity contribution is 0.393. The molecule has 1 aliphatic rings. The zero-order valence-corrected chi connectivity index (χ0v) is 15.9. The predicted molar refractivity (Wildman–Crippen MR) is 110 cm³/mol. The molecule has 5 heteroatoms. The normalized spacial score (nSPS) is 14.4. The van der Waals surface area contributed by atoms with Crippen molar-refractivity contribution in [2.45, 2.75) is 32.6 Å². The summed E-state index contributed by atoms with van der Waals surface area (Å²) in [5.41, 5.74) is 7.39. The van der Waals surface area contributed by atoms with Crippen molar-refractivity contribution in [2.24, 2.45) is 0 Å². The number of rotatable bonds is 3. The number of para-hydroxylation sites is 1. The zero-order valence-electron chi connectivity index (χ0n) is 15.9. The first kappa shape index (κ1) is 15.7. The maximum atomic E-state index is 5.43. The molecule has 3 heterocycles. The minimum atomic E-state index is 0.573. The van der Waals surface area contributed by atoms with Crippen LogP contribution in [0.1, 0.15) is 36.0 Å². The van der Waals surface area contributed by atoms with Crippen molar-refractivity contribution in [1.82, 2.24) is 19.7 Å². The van der Waals surface area contributed by atoms with E-state index in [1.54, 1.807) is 0 Å². The molecule has 1 N–H and O–H groups in total. The Balaban J connectivity index is 1.68. The number of aryl methyl sites for hydroxylation is 2. The number of hydrogen-bond donors (Lipinski definition) is 1. The maximum absolute atomic E-state index is 5.43. The molecule has 5 aromatic rings. The lowest BCUT2D eigenvalue weighted by Crippen LogP contribution is -1.95. The number of hydrogen-bond acceptors (Lipinski definition) is 3. The van der Waals surface area contributed by atoms with Crippen LogP contribution in [0.3, 0.4) is 0 Å². The van der Waals surface area contributed by atoms with Crippen molar-refractivity contribution >= 4 is 21.9 Å². The molecule has 0 atom stereocenters. The molecule has 0 saturated heterocycles. The highest BCUT2D eigenvalue weighted by Gasteiger charge is 2.28. The van der Waals surface area contributed by atoms with Crippen molar-refractivity contribution in [3.63, 3.8) is 0 Å². The van der Waals surface area contributed by atoms with Gasteiger partial charge < -0.3 is 14.1 Å². The molecule has 1 saturated carbocycles. The van der Waals surface area contributed by atoms with Gasteiger partial charge >= 0.3 is 0 Å². The summed E-state index contributed by atoms with van der Waals surface area (Å²) in [5, 5.41) is 5.37. The van der Waals surface area contributed by atoms with E-state index in [2.05, 4.69) is 63.4 Å². The molecule has 0 aliphatic heterocycles. The third kappa shape index (κ3) is 2.26. The Morgan fingerprint density at radius 2 is 1.96 bits per heavy atom. The number of nitrogens with zero attached hydrogens (tertiary/aromatic N) is 3. The number of fused-ring (bicyclic) bond motifs is 2. The molecule has 3 aromatic heterocycles. The van der Waals surface area contributed by atoms with Crippen LogP contribution in [-0.2, 0) is 0 Å². The largest absolute Gasteiger partial charge is 0.361 e. The van der Waals surface area contributed by atoms with E-state index < -0.39 is 0 Å². The quantitative estimate of drug-likeness (QED) is 0.447. The Hall–Kier alpha value is -3.34. The number of H-pyrrole nitrogens is 1. The van der Waals surface area contributed by atoms with E-state index in [4.69, 9.17) is 9.51 Å². The minimum absolute atomic E-state index is 0.573. The fraction of sp³-hybridized carbons (Fsp3) is 0.217. The van der Waals surface area contributed by atoms with E-state index in [1.807, 2.05) is 13.8 Å². The third-order valence-corrected chi connectivity index (χ3v) is 5.73. The van der Waals surface area contributed by atoms with Gasteiger partial charge in [0.05, 0.1) is 22.4 Å². The van der Waals surface area contributed by atoms with Gasteiger partial charge in [-0.2, -0.15) is 0 Å². The highest BCUT2D eigenvalue weighted by atomic mass is 16.5. The lowest BCUT2D eigenvalue weighted by Gasteiger charge is -2.10. The summed E-state index contributed by atoms with van der Waals surface area (Å²) in [6.45, 7) is 3.95. The summed E-state index contributed by atoms with van der Waals surface area (Å²) < 4.78 is 7.67. The molecule has 0 radical (unpaired) electrons. The van der Waals surface area contributed by atoms with Crippen molar-refractivity contribution in [1.29, 1.82) is 0 Å². The lowest BCUT2D eigenvalue weighted by atomic mass is 10.0. The van der Waals surface area contributed by atoms with Crippen molar-refractivity contribution in [2.75, 3.05) is 0 Å². The Kier molecular flexibility index (Phi) is 3.13. The SMILES string of the molecule is Cc1noc(C)c1-c1cc(-n2ccc3ccccc32)c2nc(C3CC3)[nH]c2c1. The van der Waals surface area contributed by atoms with Gasteiger partial charge in [0.25, 0.3) is 0 Å². The van der Waals surface area contributed by atoms with Crippen LogP contribution in [-0.4, -0.2) is 19.7 Å². The van der Waals surface area contributed by atoms with Crippen molar-refractivity contribution in [3.8, 4) is 16.8 Å². The highest BCUT2D eigenvalue weighted by molar-refractivity contribution is 5.93. The van der Waals surface area contributed by atoms with Gasteiger partial charge in [-0.25, -0.2) is 4.98 Å². The molecule has 28 heavy (non-hydrogen) atoms. The first-order chi connectivity index (χ1) is 13.7. The predicted octanol–water partition coefficient (Wildman–Crippen LogP) is 5.66. The molecule has 0 amide bonds. The van der Waals surface area contributed by atoms with Gasteiger partial charge in [0.2, 0.25) is 0 Å². The van der Waals surface area contributed by atoms with Crippen LogP contribution in [0.2, 0.25) is 0 Å². The highest BCUT2D eigenvalue weighted by Crippen LogP contribution is 2.41. The van der Waals surface area contributed by atoms with Gasteiger partial charge in [0, 0.05) is 17.7 Å². The average molecular weight is 368 g/mol. The van der Waals surface area contributed by atoms with Crippen LogP contribution < -0.4 is 0 Å². The number of benzene rings is 2. The average Bonchev–Trinajstić information content (AvgIpc) is 3.17. The maximum Gasteiger partial charge on any atom is 0.141 e. The first-order valence-corrected chi connectivity index (χ1v) is 9.72. The van der Waals surface area contributed by atoms with Crippen molar-refractivity contribution < 1.29 is 4.52 Å². The van der Waals surface area contributed by atoms with Crippen LogP contribution in [0.25, 0.3) is 38.8 Å². The Morgan fingerprint density at radius 1 is 1.11 bits per heavy atom. The second kappa shape index (κ2) is 5.58. The van der Waals surface area contributed by atoms with E-state index in [1.165, 1.54) is 23.7 Å². The van der Waals surface area contributed by atoms with Crippen LogP contribution in [0, 0.1) is 13.8 Å². The van der Waals surface area contributed by atoms with Gasteiger partial charge in [0.15, 0.2) is 0 Å². The second-order valence-electron chi connectivity index (χ2n) is 7.73. The fourth-order valence-corrected chi connectivity index (χ4v) is 4.18. The van der Waals surface area contributed by atoms with E-state index in [9.17, 15) is 0 Å². The van der Waals surface area contributed by atoms with Gasteiger partial charge in [-0.3, -0.25) is 0 Å². The van der Waals surface area contributed by atoms with Gasteiger partial charge in [-0.05, 0) is 61.9 Å². The van der Waals surface area contributed by atoms with Gasteiger partial charge in [-0.1, -0.05) is 23.4 Å². The summed E-state index contributed by atoms with van der Waals surface area (Å²) in [7, 11) is 0. The van der Waals surface area contributed by atoms with Gasteiger partial charge in [0.1, 0.15) is 17.1 Å². The molecule has 0 spiro atoms. The van der Waals surface area contributed by atoms with Crippen molar-refractivity contribution in [3.05, 3.63) is 65.9 Å². The standard InChI is InChI=1S/C23H20N4O/c1-13-21(14(2)28-26-13)17-11-18-22(25-23(24-18)16-7-8-16)20(12-17)27-10-9-15-5-3-4-6-19(15)27/h3-6,9-12,16H,7-8H2,1-2H3,(H,24,25). The summed E-state index contributed by atoms with van der Waals surface area (Å²) in [6.07, 6.45) is 4.57. The van der Waals surface area contributed by atoms with E-state index >= 15 is 0 Å². The Labute approximate surface area is 162 Å². The topological polar surface area (TPSA) is 59.6 Å². The third-order valence-electron chi connectivity index (χ3n) is 5.73.